The summed E-state index contributed by atoms with van der Waals surface area (Å²) in [6.07, 6.45) is 0. The molecule has 2 aromatic carbocycles. The molecule has 0 bridgehead atoms. The Balaban J connectivity index is 1.81. The summed E-state index contributed by atoms with van der Waals surface area (Å²) in [5.41, 5.74) is 1.16. The molecule has 0 aromatic heterocycles. The molecule has 1 fully saturated rings. The molecular weight excluding hydrogens is 437 g/mol. The van der Waals surface area contributed by atoms with Gasteiger partial charge in [-0.05, 0) is 50.1 Å². The molecule has 2 aromatic rings. The number of benzene rings is 2. The van der Waals surface area contributed by atoms with Gasteiger partial charge in [-0.25, -0.2) is 4.79 Å². The van der Waals surface area contributed by atoms with E-state index in [1.54, 1.807) is 18.2 Å². The molecule has 1 aliphatic heterocycles. The fourth-order valence-electron chi connectivity index (χ4n) is 3.31. The van der Waals surface area contributed by atoms with Crippen LogP contribution in [0.1, 0.15) is 23.6 Å². The van der Waals surface area contributed by atoms with Crippen molar-refractivity contribution in [1.82, 2.24) is 10.2 Å². The lowest BCUT2D eigenvalue weighted by Crippen LogP contribution is -2.42. The third kappa shape index (κ3) is 4.06. The predicted octanol–water partition coefficient (Wildman–Crippen LogP) is 4.67. The number of halogens is 3. The summed E-state index contributed by atoms with van der Waals surface area (Å²) in [6.45, 7) is 4.76. The summed E-state index contributed by atoms with van der Waals surface area (Å²) < 4.78 is 0. The van der Waals surface area contributed by atoms with E-state index in [2.05, 4.69) is 10.6 Å². The van der Waals surface area contributed by atoms with Crippen LogP contribution in [0.25, 0.3) is 0 Å². The molecule has 0 spiro atoms. The van der Waals surface area contributed by atoms with Crippen molar-refractivity contribution >= 4 is 58.3 Å². The second-order valence-electron chi connectivity index (χ2n) is 7.06. The van der Waals surface area contributed by atoms with E-state index < -0.39 is 29.9 Å². The van der Waals surface area contributed by atoms with Gasteiger partial charge in [-0.1, -0.05) is 46.9 Å². The van der Waals surface area contributed by atoms with Crippen LogP contribution in [0.15, 0.2) is 30.3 Å². The number of nitrogens with zero attached hydrogens (tertiary/aromatic N) is 1. The number of nitrogens with one attached hydrogen (secondary N) is 2. The summed E-state index contributed by atoms with van der Waals surface area (Å²) in [5, 5.41) is 6.30. The first kappa shape index (κ1) is 21.4. The summed E-state index contributed by atoms with van der Waals surface area (Å²) >= 11 is 18.3. The van der Waals surface area contributed by atoms with Crippen LogP contribution in [0.5, 0.6) is 0 Å². The van der Waals surface area contributed by atoms with Crippen molar-refractivity contribution in [3.05, 3.63) is 62.1 Å². The molecule has 1 saturated heterocycles. The average molecular weight is 455 g/mol. The van der Waals surface area contributed by atoms with Crippen molar-refractivity contribution in [2.24, 2.45) is 0 Å². The van der Waals surface area contributed by atoms with Gasteiger partial charge in [0, 0.05) is 15.6 Å². The summed E-state index contributed by atoms with van der Waals surface area (Å²) in [6, 6.07) is 7.53. The maximum absolute atomic E-state index is 13.0. The van der Waals surface area contributed by atoms with Gasteiger partial charge in [-0.3, -0.25) is 14.5 Å². The summed E-state index contributed by atoms with van der Waals surface area (Å²) in [4.78, 5) is 38.8. The number of anilines is 1. The maximum atomic E-state index is 13.0. The molecule has 0 aliphatic carbocycles. The van der Waals surface area contributed by atoms with E-state index in [0.717, 1.165) is 16.0 Å². The molecule has 1 aliphatic rings. The van der Waals surface area contributed by atoms with Crippen LogP contribution >= 0.6 is 34.8 Å². The van der Waals surface area contributed by atoms with Crippen molar-refractivity contribution in [3.63, 3.8) is 0 Å². The lowest BCUT2D eigenvalue weighted by Gasteiger charge is -2.23. The zero-order valence-corrected chi connectivity index (χ0v) is 18.2. The highest BCUT2D eigenvalue weighted by Gasteiger charge is 2.50. The van der Waals surface area contributed by atoms with Gasteiger partial charge >= 0.3 is 6.03 Å². The van der Waals surface area contributed by atoms with Crippen LogP contribution in [0, 0.1) is 13.8 Å². The SMILES string of the molecule is Cc1cc(C)c(NC(=O)CN2C(=O)N[C@@](C)(c3ccc(Cl)cc3Cl)C2=O)c(Cl)c1. The van der Waals surface area contributed by atoms with Gasteiger partial charge in [-0.2, -0.15) is 0 Å². The van der Waals surface area contributed by atoms with E-state index in [0.29, 0.717) is 21.3 Å². The molecule has 0 saturated carbocycles. The van der Waals surface area contributed by atoms with Gasteiger partial charge in [0.1, 0.15) is 12.1 Å². The van der Waals surface area contributed by atoms with Gasteiger partial charge in [0.25, 0.3) is 5.91 Å². The number of aryl methyl sites for hydroxylation is 2. The molecule has 1 atom stereocenters. The monoisotopic (exact) mass is 453 g/mol. The van der Waals surface area contributed by atoms with E-state index in [1.807, 2.05) is 19.9 Å². The Hall–Kier alpha value is -2.28. The van der Waals surface area contributed by atoms with Gasteiger partial charge in [0.2, 0.25) is 5.91 Å². The maximum Gasteiger partial charge on any atom is 0.325 e. The van der Waals surface area contributed by atoms with Gasteiger partial charge in [-0.15, -0.1) is 0 Å². The Kier molecular flexibility index (Phi) is 5.81. The fourth-order valence-corrected chi connectivity index (χ4v) is 4.28. The smallest absolute Gasteiger partial charge is 0.323 e. The Bertz CT molecular complexity index is 1020. The van der Waals surface area contributed by atoms with Crippen LogP contribution in [0.2, 0.25) is 15.1 Å². The number of carbonyl (C=O) groups excluding carboxylic acids is 3. The Morgan fingerprint density at radius 3 is 2.41 bits per heavy atom. The van der Waals surface area contributed by atoms with Crippen LogP contribution in [0.3, 0.4) is 0 Å². The van der Waals surface area contributed by atoms with Crippen molar-refractivity contribution in [1.29, 1.82) is 0 Å². The first-order valence-corrected chi connectivity index (χ1v) is 9.82. The number of carbonyl (C=O) groups is 3. The Labute approximate surface area is 183 Å². The zero-order valence-electron chi connectivity index (χ0n) is 15.9. The van der Waals surface area contributed by atoms with Gasteiger partial charge < -0.3 is 10.6 Å². The van der Waals surface area contributed by atoms with Crippen molar-refractivity contribution < 1.29 is 14.4 Å². The zero-order chi connectivity index (χ0) is 21.5. The summed E-state index contributed by atoms with van der Waals surface area (Å²) in [7, 11) is 0. The molecule has 2 N–H and O–H groups in total. The second-order valence-corrected chi connectivity index (χ2v) is 8.31. The fraction of sp³-hybridized carbons (Fsp3) is 0.250. The number of imide groups is 1. The minimum atomic E-state index is -1.41. The molecule has 4 amide bonds. The predicted molar refractivity (Wildman–Crippen MR) is 114 cm³/mol. The lowest BCUT2D eigenvalue weighted by molar-refractivity contribution is -0.133. The normalized spacial score (nSPS) is 18.8. The third-order valence-electron chi connectivity index (χ3n) is 4.74. The van der Waals surface area contributed by atoms with Crippen LogP contribution in [0.4, 0.5) is 10.5 Å². The van der Waals surface area contributed by atoms with Gasteiger partial charge in [0.15, 0.2) is 0 Å². The van der Waals surface area contributed by atoms with Crippen molar-refractivity contribution in [2.45, 2.75) is 26.3 Å². The topological polar surface area (TPSA) is 78.5 Å². The molecule has 29 heavy (non-hydrogen) atoms. The molecule has 0 radical (unpaired) electrons. The Morgan fingerprint density at radius 2 is 1.79 bits per heavy atom. The Morgan fingerprint density at radius 1 is 1.10 bits per heavy atom. The highest BCUT2D eigenvalue weighted by molar-refractivity contribution is 6.35. The van der Waals surface area contributed by atoms with E-state index >= 15 is 0 Å². The molecule has 3 rings (SSSR count). The van der Waals surface area contributed by atoms with E-state index in [-0.39, 0.29) is 5.02 Å². The lowest BCUT2D eigenvalue weighted by atomic mass is 9.92. The van der Waals surface area contributed by atoms with Crippen LogP contribution in [-0.4, -0.2) is 29.3 Å². The molecule has 0 unspecified atom stereocenters. The van der Waals surface area contributed by atoms with E-state index in [4.69, 9.17) is 34.8 Å². The number of hydrogen-bond acceptors (Lipinski definition) is 3. The van der Waals surface area contributed by atoms with Crippen LogP contribution in [-0.2, 0) is 15.1 Å². The highest BCUT2D eigenvalue weighted by atomic mass is 35.5. The van der Waals surface area contributed by atoms with E-state index in [1.165, 1.54) is 13.0 Å². The second kappa shape index (κ2) is 7.86. The average Bonchev–Trinajstić information content (AvgIpc) is 2.82. The number of hydrogen-bond donors (Lipinski definition) is 2. The minimum Gasteiger partial charge on any atom is -0.323 e. The standard InChI is InChI=1S/C20H18Cl3N3O3/c1-10-6-11(2)17(15(23)7-10)24-16(27)9-26-18(28)20(3,25-19(26)29)13-5-4-12(21)8-14(13)22/h4-8H,9H2,1-3H3,(H,24,27)(H,25,29)/t20-/m0/s1. The largest absolute Gasteiger partial charge is 0.325 e. The van der Waals surface area contributed by atoms with Crippen LogP contribution < -0.4 is 10.6 Å². The highest BCUT2D eigenvalue weighted by Crippen LogP contribution is 2.35. The molecule has 9 heteroatoms. The quantitative estimate of drug-likeness (QED) is 0.659. The first-order chi connectivity index (χ1) is 13.5. The molecular formula is C20H18Cl3N3O3. The minimum absolute atomic E-state index is 0.238. The third-order valence-corrected chi connectivity index (χ3v) is 5.59. The van der Waals surface area contributed by atoms with E-state index in [9.17, 15) is 14.4 Å². The molecule has 1 heterocycles. The van der Waals surface area contributed by atoms with Crippen molar-refractivity contribution in [2.75, 3.05) is 11.9 Å². The number of urea groups is 1. The summed E-state index contributed by atoms with van der Waals surface area (Å²) in [5.74, 6) is -1.14. The molecule has 6 nitrogen and oxygen atoms in total. The van der Waals surface area contributed by atoms with Gasteiger partial charge in [0.05, 0.1) is 10.7 Å². The number of rotatable bonds is 4. The first-order valence-electron chi connectivity index (χ1n) is 8.69. The molecule has 152 valence electrons. The van der Waals surface area contributed by atoms with Crippen molar-refractivity contribution in [3.8, 4) is 0 Å². The number of amides is 4.